The van der Waals surface area contributed by atoms with E-state index in [4.69, 9.17) is 0 Å². The maximum Gasteiger partial charge on any atom is 0.272 e. The molecule has 1 aromatic rings. The number of rotatable bonds is 1. The first-order chi connectivity index (χ1) is 7.98. The summed E-state index contributed by atoms with van der Waals surface area (Å²) in [6.07, 6.45) is 1.56. The minimum Gasteiger partial charge on any atom is -0.388 e. The fraction of sp³-hybridized carbons (Fsp3) is 0.500. The Morgan fingerprint density at radius 2 is 2.35 bits per heavy atom. The largest absolute Gasteiger partial charge is 0.388 e. The van der Waals surface area contributed by atoms with Gasteiger partial charge in [-0.2, -0.15) is 0 Å². The third kappa shape index (κ3) is 3.04. The van der Waals surface area contributed by atoms with Crippen LogP contribution in [0.3, 0.4) is 0 Å². The van der Waals surface area contributed by atoms with Crippen LogP contribution in [0.1, 0.15) is 30.3 Å². The molecule has 1 N–H and O–H groups in total. The highest BCUT2D eigenvalue weighted by atomic mass is 79.9. The van der Waals surface area contributed by atoms with E-state index in [1.54, 1.807) is 30.0 Å². The first-order valence-corrected chi connectivity index (χ1v) is 6.41. The van der Waals surface area contributed by atoms with Gasteiger partial charge in [0.2, 0.25) is 0 Å². The van der Waals surface area contributed by atoms with Crippen LogP contribution in [-0.4, -0.2) is 39.6 Å². The van der Waals surface area contributed by atoms with E-state index in [2.05, 4.69) is 20.9 Å². The zero-order chi connectivity index (χ0) is 12.5. The average Bonchev–Trinajstić information content (AvgIpc) is 2.26. The van der Waals surface area contributed by atoms with Crippen LogP contribution >= 0.6 is 15.9 Å². The highest BCUT2D eigenvalue weighted by molar-refractivity contribution is 9.10. The topological polar surface area (TPSA) is 53.4 Å². The number of halogens is 1. The molecule has 1 unspecified atom stereocenters. The third-order valence-corrected chi connectivity index (χ3v) is 3.34. The zero-order valence-corrected chi connectivity index (χ0v) is 11.3. The Morgan fingerprint density at radius 1 is 1.59 bits per heavy atom. The van der Waals surface area contributed by atoms with Crippen molar-refractivity contribution in [3.05, 3.63) is 28.5 Å². The number of piperidine rings is 1. The predicted octanol–water partition coefficient (Wildman–Crippen LogP) is 1.83. The molecule has 1 atom stereocenters. The third-order valence-electron chi connectivity index (χ3n) is 2.90. The van der Waals surface area contributed by atoms with Gasteiger partial charge in [-0.15, -0.1) is 0 Å². The van der Waals surface area contributed by atoms with E-state index >= 15 is 0 Å². The lowest BCUT2D eigenvalue weighted by Gasteiger charge is -2.36. The summed E-state index contributed by atoms with van der Waals surface area (Å²) < 4.78 is 0.645. The van der Waals surface area contributed by atoms with Gasteiger partial charge in [-0.05, 0) is 47.8 Å². The summed E-state index contributed by atoms with van der Waals surface area (Å²) in [7, 11) is 0. The van der Waals surface area contributed by atoms with Gasteiger partial charge in [0, 0.05) is 13.1 Å². The quantitative estimate of drug-likeness (QED) is 0.805. The second-order valence-electron chi connectivity index (χ2n) is 4.67. The average molecular weight is 299 g/mol. The fourth-order valence-electron chi connectivity index (χ4n) is 2.08. The molecule has 0 spiro atoms. The van der Waals surface area contributed by atoms with E-state index in [0.29, 0.717) is 23.4 Å². The predicted molar refractivity (Wildman–Crippen MR) is 67.7 cm³/mol. The Hall–Kier alpha value is -0.940. The number of carbonyl (C=O) groups is 1. The lowest BCUT2D eigenvalue weighted by atomic mass is 9.95. The van der Waals surface area contributed by atoms with Gasteiger partial charge in [-0.25, -0.2) is 4.98 Å². The van der Waals surface area contributed by atoms with Gasteiger partial charge in [0.25, 0.3) is 5.91 Å². The van der Waals surface area contributed by atoms with Gasteiger partial charge in [0.1, 0.15) is 10.3 Å². The lowest BCUT2D eigenvalue weighted by Crippen LogP contribution is -2.48. The summed E-state index contributed by atoms with van der Waals surface area (Å²) in [5.74, 6) is -0.119. The van der Waals surface area contributed by atoms with Crippen molar-refractivity contribution in [1.29, 1.82) is 0 Å². The van der Waals surface area contributed by atoms with E-state index in [-0.39, 0.29) is 5.91 Å². The highest BCUT2D eigenvalue weighted by Gasteiger charge is 2.31. The fourth-order valence-corrected chi connectivity index (χ4v) is 2.43. The van der Waals surface area contributed by atoms with Gasteiger partial charge in [0.15, 0.2) is 0 Å². The Bertz CT molecular complexity index is 434. The molecule has 0 aromatic carbocycles. The van der Waals surface area contributed by atoms with Gasteiger partial charge in [-0.3, -0.25) is 4.79 Å². The van der Waals surface area contributed by atoms with Crippen LogP contribution in [0.2, 0.25) is 0 Å². The summed E-state index contributed by atoms with van der Waals surface area (Å²) in [6.45, 7) is 2.82. The van der Waals surface area contributed by atoms with Crippen molar-refractivity contribution < 1.29 is 9.90 Å². The van der Waals surface area contributed by atoms with Crippen molar-refractivity contribution in [1.82, 2.24) is 9.88 Å². The number of nitrogens with zero attached hydrogens (tertiary/aromatic N) is 2. The first kappa shape index (κ1) is 12.5. The number of hydrogen-bond acceptors (Lipinski definition) is 3. The number of carbonyl (C=O) groups excluding carboxylic acids is 1. The van der Waals surface area contributed by atoms with Gasteiger partial charge in [-0.1, -0.05) is 6.07 Å². The lowest BCUT2D eigenvalue weighted by molar-refractivity contribution is -0.0109. The number of amides is 1. The maximum atomic E-state index is 12.2. The first-order valence-electron chi connectivity index (χ1n) is 5.62. The minimum atomic E-state index is -0.778. The van der Waals surface area contributed by atoms with Crippen molar-refractivity contribution in [2.24, 2.45) is 0 Å². The molecule has 0 radical (unpaired) electrons. The van der Waals surface area contributed by atoms with Crippen LogP contribution in [0.15, 0.2) is 22.8 Å². The molecule has 0 saturated carbocycles. The van der Waals surface area contributed by atoms with Crippen LogP contribution in [0.4, 0.5) is 0 Å². The molecule has 5 heteroatoms. The standard InChI is InChI=1S/C12H15BrN2O2/c1-12(17)6-3-7-15(8-12)11(16)9-4-2-5-10(13)14-9/h2,4-5,17H,3,6-8H2,1H3. The molecule has 1 aliphatic heterocycles. The molecule has 0 bridgehead atoms. The number of aromatic nitrogens is 1. The molecule has 4 nitrogen and oxygen atoms in total. The number of likely N-dealkylation sites (tertiary alicyclic amines) is 1. The molecular formula is C12H15BrN2O2. The van der Waals surface area contributed by atoms with Crippen molar-refractivity contribution in [3.8, 4) is 0 Å². The van der Waals surface area contributed by atoms with E-state index in [1.165, 1.54) is 0 Å². The Kier molecular flexibility index (Phi) is 3.49. The summed E-state index contributed by atoms with van der Waals surface area (Å²) >= 11 is 3.25. The Morgan fingerprint density at radius 3 is 3.00 bits per heavy atom. The summed E-state index contributed by atoms with van der Waals surface area (Å²) in [4.78, 5) is 18.0. The summed E-state index contributed by atoms with van der Waals surface area (Å²) in [5.41, 5.74) is -0.364. The Balaban J connectivity index is 2.15. The molecule has 1 saturated heterocycles. The van der Waals surface area contributed by atoms with Gasteiger partial charge >= 0.3 is 0 Å². The van der Waals surface area contributed by atoms with Crippen molar-refractivity contribution in [2.75, 3.05) is 13.1 Å². The van der Waals surface area contributed by atoms with Crippen LogP contribution < -0.4 is 0 Å². The van der Waals surface area contributed by atoms with Crippen LogP contribution in [0, 0.1) is 0 Å². The second kappa shape index (κ2) is 4.74. The molecule has 1 aliphatic rings. The summed E-state index contributed by atoms with van der Waals surface area (Å²) in [6, 6.07) is 5.26. The molecule has 2 heterocycles. The molecule has 0 aliphatic carbocycles. The van der Waals surface area contributed by atoms with Crippen LogP contribution in [0.25, 0.3) is 0 Å². The molecular weight excluding hydrogens is 284 g/mol. The van der Waals surface area contributed by atoms with Crippen LogP contribution in [-0.2, 0) is 0 Å². The number of pyridine rings is 1. The van der Waals surface area contributed by atoms with Crippen LogP contribution in [0.5, 0.6) is 0 Å². The molecule has 92 valence electrons. The zero-order valence-electron chi connectivity index (χ0n) is 9.69. The van der Waals surface area contributed by atoms with Gasteiger partial charge < -0.3 is 10.0 Å². The van der Waals surface area contributed by atoms with E-state index in [9.17, 15) is 9.90 Å². The maximum absolute atomic E-state index is 12.2. The van der Waals surface area contributed by atoms with E-state index in [0.717, 1.165) is 12.8 Å². The highest BCUT2D eigenvalue weighted by Crippen LogP contribution is 2.21. The molecule has 17 heavy (non-hydrogen) atoms. The van der Waals surface area contributed by atoms with Crippen molar-refractivity contribution >= 4 is 21.8 Å². The van der Waals surface area contributed by atoms with Gasteiger partial charge in [0.05, 0.1) is 5.60 Å². The SMILES string of the molecule is CC1(O)CCCN(C(=O)c2cccc(Br)n2)C1. The van der Waals surface area contributed by atoms with E-state index in [1.807, 2.05) is 0 Å². The monoisotopic (exact) mass is 298 g/mol. The molecule has 2 rings (SSSR count). The summed E-state index contributed by atoms with van der Waals surface area (Å²) in [5, 5.41) is 9.97. The van der Waals surface area contributed by atoms with E-state index < -0.39 is 5.60 Å². The minimum absolute atomic E-state index is 0.119. The molecule has 1 fully saturated rings. The number of aliphatic hydroxyl groups is 1. The Labute approximate surface area is 109 Å². The molecule has 1 aromatic heterocycles. The van der Waals surface area contributed by atoms with Crippen molar-refractivity contribution in [3.63, 3.8) is 0 Å². The normalized spacial score (nSPS) is 24.8. The second-order valence-corrected chi connectivity index (χ2v) is 5.49. The molecule has 1 amide bonds. The number of hydrogen-bond donors (Lipinski definition) is 1. The smallest absolute Gasteiger partial charge is 0.272 e. The number of β-amino-alcohol motifs (C(OH)–C–C–N with tert-alkyl or cyclic N) is 1. The van der Waals surface area contributed by atoms with Crippen molar-refractivity contribution in [2.45, 2.75) is 25.4 Å².